The van der Waals surface area contributed by atoms with Gasteiger partial charge in [-0.15, -0.1) is 0 Å². The van der Waals surface area contributed by atoms with E-state index in [-0.39, 0.29) is 22.9 Å². The quantitative estimate of drug-likeness (QED) is 0.577. The molecular formula is C21H21ClF3N7O2. The van der Waals surface area contributed by atoms with Gasteiger partial charge in [0.25, 0.3) is 5.91 Å². The fraction of sp³-hybridized carbons (Fsp3) is 0.381. The Bertz CT molecular complexity index is 1280. The van der Waals surface area contributed by atoms with Crippen LogP contribution in [0.4, 0.5) is 19.0 Å². The summed E-state index contributed by atoms with van der Waals surface area (Å²) in [5.74, 6) is -1.68. The summed E-state index contributed by atoms with van der Waals surface area (Å²) in [6.45, 7) is -0.883. The van der Waals surface area contributed by atoms with Gasteiger partial charge in [0, 0.05) is 25.4 Å². The minimum absolute atomic E-state index is 0.0403. The van der Waals surface area contributed by atoms with E-state index in [0.717, 1.165) is 12.4 Å². The molecule has 13 heteroatoms. The Morgan fingerprint density at radius 3 is 2.68 bits per heavy atom. The number of rotatable bonds is 5. The average molecular weight is 498 g/mol. The van der Waals surface area contributed by atoms with Crippen LogP contribution in [0.5, 0.6) is 0 Å². The summed E-state index contributed by atoms with van der Waals surface area (Å²) in [5, 5.41) is 7.01. The monoisotopic (exact) mass is 497 g/mol. The summed E-state index contributed by atoms with van der Waals surface area (Å²) in [6, 6.07) is 1.34. The molecule has 9 nitrogen and oxygen atoms in total. The number of morpholine rings is 1. The Morgan fingerprint density at radius 2 is 2.03 bits per heavy atom. The molecule has 34 heavy (non-hydrogen) atoms. The molecular weight excluding hydrogens is 475 g/mol. The Morgan fingerprint density at radius 1 is 1.32 bits per heavy atom. The van der Waals surface area contributed by atoms with Crippen LogP contribution >= 0.6 is 11.6 Å². The molecule has 0 unspecified atom stereocenters. The van der Waals surface area contributed by atoms with Gasteiger partial charge in [-0.1, -0.05) is 11.6 Å². The second kappa shape index (κ2) is 9.18. The number of pyridine rings is 1. The Labute approximate surface area is 200 Å². The van der Waals surface area contributed by atoms with E-state index >= 15 is 0 Å². The molecule has 3 aromatic heterocycles. The fourth-order valence-corrected chi connectivity index (χ4v) is 3.63. The highest BCUT2D eigenvalue weighted by Gasteiger charge is 2.48. The lowest BCUT2D eigenvalue weighted by atomic mass is 10.1. The molecule has 0 saturated carbocycles. The summed E-state index contributed by atoms with van der Waals surface area (Å²) in [4.78, 5) is 26.2. The van der Waals surface area contributed by atoms with Gasteiger partial charge in [-0.25, -0.2) is 19.3 Å². The van der Waals surface area contributed by atoms with Gasteiger partial charge in [-0.2, -0.15) is 13.9 Å². The van der Waals surface area contributed by atoms with Crippen molar-refractivity contribution in [3.63, 3.8) is 0 Å². The third-order valence-electron chi connectivity index (χ3n) is 5.21. The van der Waals surface area contributed by atoms with Gasteiger partial charge >= 0.3 is 6.11 Å². The number of carbonyl (C=O) groups is 1. The van der Waals surface area contributed by atoms with Crippen molar-refractivity contribution in [3.05, 3.63) is 53.0 Å². The van der Waals surface area contributed by atoms with Crippen molar-refractivity contribution in [2.45, 2.75) is 32.1 Å². The summed E-state index contributed by atoms with van der Waals surface area (Å²) in [7, 11) is 1.53. The highest BCUT2D eigenvalue weighted by atomic mass is 35.5. The summed E-state index contributed by atoms with van der Waals surface area (Å²) in [5.41, 5.74) is 0.231. The molecule has 0 bridgehead atoms. The molecule has 4 rings (SSSR count). The number of hydrogen-bond acceptors (Lipinski definition) is 7. The lowest BCUT2D eigenvalue weighted by Gasteiger charge is -2.43. The average Bonchev–Trinajstić information content (AvgIpc) is 3.08. The fourth-order valence-electron chi connectivity index (χ4n) is 3.52. The normalized spacial score (nSPS) is 21.1. The maximum Gasteiger partial charge on any atom is 0.373 e. The van der Waals surface area contributed by atoms with Crippen molar-refractivity contribution >= 4 is 23.3 Å². The number of carbonyl (C=O) groups excluding carboxylic acids is 1. The van der Waals surface area contributed by atoms with Crippen molar-refractivity contribution in [3.8, 4) is 11.4 Å². The predicted molar refractivity (Wildman–Crippen MR) is 117 cm³/mol. The molecule has 0 spiro atoms. The Kier molecular flexibility index (Phi) is 5.75. The smallest absolute Gasteiger partial charge is 0.368 e. The van der Waals surface area contributed by atoms with Gasteiger partial charge in [-0.05, 0) is 26.0 Å². The van der Waals surface area contributed by atoms with Crippen LogP contribution in [0, 0.1) is 12.7 Å². The van der Waals surface area contributed by atoms with E-state index in [4.69, 9.17) is 19.1 Å². The molecule has 1 N–H and O–H groups in total. The zero-order valence-electron chi connectivity index (χ0n) is 20.3. The van der Waals surface area contributed by atoms with Crippen LogP contribution < -0.4 is 5.32 Å². The second-order valence-corrected chi connectivity index (χ2v) is 8.06. The number of hydrogen-bond donors (Lipinski definition) is 1. The number of halogens is 4. The van der Waals surface area contributed by atoms with E-state index in [1.807, 2.05) is 0 Å². The molecule has 1 aliphatic heterocycles. The van der Waals surface area contributed by atoms with E-state index in [2.05, 4.69) is 25.4 Å². The molecule has 1 aliphatic rings. The van der Waals surface area contributed by atoms with Crippen LogP contribution in [0.25, 0.3) is 11.4 Å². The van der Waals surface area contributed by atoms with Crippen molar-refractivity contribution in [1.82, 2.24) is 29.6 Å². The number of anilines is 1. The van der Waals surface area contributed by atoms with E-state index < -0.39 is 43.0 Å². The molecule has 2 atom stereocenters. The minimum Gasteiger partial charge on any atom is -0.368 e. The summed E-state index contributed by atoms with van der Waals surface area (Å²) < 4.78 is 65.7. The molecule has 180 valence electrons. The number of aromatic nitrogens is 5. The van der Waals surface area contributed by atoms with E-state index in [0.29, 0.717) is 15.6 Å². The predicted octanol–water partition coefficient (Wildman–Crippen LogP) is 3.31. The zero-order chi connectivity index (χ0) is 26.4. The lowest BCUT2D eigenvalue weighted by Crippen LogP contribution is -2.61. The van der Waals surface area contributed by atoms with Crippen LogP contribution in [0.15, 0.2) is 30.7 Å². The highest BCUT2D eigenvalue weighted by Crippen LogP contribution is 2.32. The third-order valence-corrected chi connectivity index (χ3v) is 5.43. The van der Waals surface area contributed by atoms with Crippen LogP contribution in [-0.4, -0.2) is 66.8 Å². The summed E-state index contributed by atoms with van der Waals surface area (Å²) in [6.07, 6.45) is -2.11. The van der Waals surface area contributed by atoms with Crippen LogP contribution in [0.1, 0.15) is 25.8 Å². The zero-order valence-corrected chi connectivity index (χ0v) is 19.0. The number of aryl methyl sites for hydroxylation is 1. The van der Waals surface area contributed by atoms with Crippen LogP contribution in [0.2, 0.25) is 5.02 Å². The van der Waals surface area contributed by atoms with Crippen LogP contribution in [0.3, 0.4) is 0 Å². The standard InChI is InChI=1S/C21H21ClF3N7O2/c1-11-17(19-28-7-14(23)8-29-19)18(30-31(11)3)20(33)32-10-21(24,25)34-12(2)15(32)9-27-16-5-4-13(22)6-26-16/h4-8,12,15H,9-10H2,1-3H3,(H,26,27)/t12-,15+/m0/s1/i9D2. The number of ether oxygens (including phenoxy) is 1. The Balaban J connectivity index is 1.76. The maximum absolute atomic E-state index is 14.5. The second-order valence-electron chi connectivity index (χ2n) is 7.63. The number of alkyl halides is 2. The van der Waals surface area contributed by atoms with Gasteiger partial charge in [0.15, 0.2) is 17.3 Å². The van der Waals surface area contributed by atoms with Gasteiger partial charge in [0.1, 0.15) is 12.4 Å². The first kappa shape index (κ1) is 21.3. The molecule has 1 fully saturated rings. The van der Waals surface area contributed by atoms with Gasteiger partial charge < -0.3 is 15.0 Å². The largest absolute Gasteiger partial charge is 0.373 e. The van der Waals surface area contributed by atoms with E-state index in [1.54, 1.807) is 6.92 Å². The van der Waals surface area contributed by atoms with Gasteiger partial charge in [0.2, 0.25) is 0 Å². The molecule has 0 radical (unpaired) electrons. The topological polar surface area (TPSA) is 98.1 Å². The first-order valence-electron chi connectivity index (χ1n) is 11.1. The number of amides is 1. The molecule has 4 heterocycles. The molecule has 0 aromatic carbocycles. The van der Waals surface area contributed by atoms with Gasteiger partial charge in [0.05, 0.1) is 37.9 Å². The highest BCUT2D eigenvalue weighted by molar-refractivity contribution is 6.30. The number of nitrogens with zero attached hydrogens (tertiary/aromatic N) is 6. The van der Waals surface area contributed by atoms with Crippen molar-refractivity contribution in [2.24, 2.45) is 7.05 Å². The van der Waals surface area contributed by atoms with E-state index in [9.17, 15) is 18.0 Å². The lowest BCUT2D eigenvalue weighted by molar-refractivity contribution is -0.298. The summed E-state index contributed by atoms with van der Waals surface area (Å²) >= 11 is 5.83. The van der Waals surface area contributed by atoms with Crippen molar-refractivity contribution in [1.29, 1.82) is 0 Å². The van der Waals surface area contributed by atoms with Crippen molar-refractivity contribution in [2.75, 3.05) is 18.4 Å². The Hall–Kier alpha value is -3.25. The first-order chi connectivity index (χ1) is 16.8. The van der Waals surface area contributed by atoms with Crippen LogP contribution in [-0.2, 0) is 11.8 Å². The molecule has 1 saturated heterocycles. The van der Waals surface area contributed by atoms with Crippen molar-refractivity contribution < 1.29 is 25.4 Å². The molecule has 0 aliphatic carbocycles. The molecule has 3 aromatic rings. The molecule has 1 amide bonds. The van der Waals surface area contributed by atoms with Gasteiger partial charge in [-0.3, -0.25) is 9.48 Å². The third kappa shape index (κ3) is 4.82. The SMILES string of the molecule is [2H]C([2H])(Nc1ccc(Cl)cn1)[C@@H]1[C@H](C)OC(F)(F)CN1C(=O)c1nn(C)c(C)c1-c1ncc(F)cn1. The van der Waals surface area contributed by atoms with E-state index in [1.165, 1.54) is 37.0 Å². The number of nitrogens with one attached hydrogen (secondary N) is 1. The first-order valence-corrected chi connectivity index (χ1v) is 10.4. The minimum atomic E-state index is -3.75. The maximum atomic E-state index is 14.5.